The Labute approximate surface area is 301 Å². The molecule has 0 aliphatic heterocycles. The van der Waals surface area contributed by atoms with Crippen molar-refractivity contribution < 1.29 is 22.4 Å². The molecule has 6 aromatic carbocycles. The van der Waals surface area contributed by atoms with Crippen LogP contribution in [0, 0.1) is 48.5 Å². The zero-order valence-corrected chi connectivity index (χ0v) is 34.4. The van der Waals surface area contributed by atoms with Crippen molar-refractivity contribution in [2.45, 2.75) is 61.6 Å². The molecule has 0 aliphatic carbocycles. The van der Waals surface area contributed by atoms with E-state index in [4.69, 9.17) is 21.4 Å². The Hall–Kier alpha value is -2.94. The minimum Gasteiger partial charge on any atom is -0.496 e. The van der Waals surface area contributed by atoms with Gasteiger partial charge in [-0.05, 0) is 77.3 Å². The molecule has 0 N–H and O–H groups in total. The van der Waals surface area contributed by atoms with Crippen LogP contribution >= 0.6 is 17.0 Å². The molecular weight excluding hydrogens is 723 g/mol. The van der Waals surface area contributed by atoms with E-state index in [1.165, 1.54) is 77.2 Å². The van der Waals surface area contributed by atoms with E-state index in [0.29, 0.717) is 0 Å². The number of aryl methyl sites for hydroxylation is 7. The van der Waals surface area contributed by atoms with Crippen LogP contribution in [-0.2, 0) is 18.0 Å². The Morgan fingerprint density at radius 3 is 1.56 bits per heavy atom. The maximum atomic E-state index is 5.81. The number of hydrogen-bond donors (Lipinski definition) is 0. The number of halogens is 2. The van der Waals surface area contributed by atoms with E-state index in [1.54, 1.807) is 0 Å². The Kier molecular flexibility index (Phi) is 11.9. The largest absolute Gasteiger partial charge is 0.496 e. The maximum absolute atomic E-state index is 5.81. The summed E-state index contributed by atoms with van der Waals surface area (Å²) in [4.78, 5) is 0. The summed E-state index contributed by atoms with van der Waals surface area (Å²) >= 11 is -1.65. The van der Waals surface area contributed by atoms with Crippen LogP contribution in [0.25, 0.3) is 55.1 Å². The summed E-state index contributed by atoms with van der Waals surface area (Å²) in [6, 6.07) is 37.5. The molecule has 1 heterocycles. The summed E-state index contributed by atoms with van der Waals surface area (Å²) in [7, 11) is 11.2. The quantitative estimate of drug-likeness (QED) is 0.129. The van der Waals surface area contributed by atoms with Crippen LogP contribution in [0.15, 0.2) is 108 Å². The van der Waals surface area contributed by atoms with Gasteiger partial charge in [-0.25, -0.2) is 0 Å². The van der Waals surface area contributed by atoms with Crippen molar-refractivity contribution in [2.24, 2.45) is 0 Å². The second-order valence-electron chi connectivity index (χ2n) is 13.2. The van der Waals surface area contributed by atoms with Crippen LogP contribution < -0.4 is 0 Å². The minimum absolute atomic E-state index is 0.224. The fraction of sp³-hybridized carbons (Fsp3) is 0.209. The van der Waals surface area contributed by atoms with Crippen molar-refractivity contribution in [1.29, 1.82) is 0 Å². The Morgan fingerprint density at radius 2 is 1.08 bits per heavy atom. The SMILES string of the molecule is C[Si](C)=[Zr]([Cl])[Cl].Cc1cc(C)cc(-c2c(C)ccc3[cH-]c(-c4ccc(C)o4)cc23)c1.Cc1cc(C)cc(-c2c(C)ccc3[cH-]ccc23)c1. The van der Waals surface area contributed by atoms with E-state index >= 15 is 0 Å². The third kappa shape index (κ3) is 8.61. The number of benzene rings is 4. The van der Waals surface area contributed by atoms with Crippen LogP contribution in [0.3, 0.4) is 0 Å². The molecule has 48 heavy (non-hydrogen) atoms. The minimum atomic E-state index is -1.65. The van der Waals surface area contributed by atoms with Gasteiger partial charge in [0.15, 0.2) is 0 Å². The first-order valence-electron chi connectivity index (χ1n) is 16.4. The van der Waals surface area contributed by atoms with Crippen LogP contribution in [0.5, 0.6) is 0 Å². The molecule has 7 aromatic rings. The molecule has 0 unspecified atom stereocenters. The third-order valence-electron chi connectivity index (χ3n) is 8.55. The standard InChI is InChI=1S/C23H21O.C18H17.C2H6Si.2ClH.Zr/c1-14-9-15(2)11-20(10-14)23-16(3)5-7-18-12-19(13-21(18)23)22-8-6-17(4)24-22;1-12-9-13(2)11-16(10-12)18-14(3)7-8-15-5-4-6-17(15)18;1-3-2;;;/h5-13H,1-4H3;4-11H,1-3H3;1-2H3;2*1H;/q2*-1;;;;+2/p-2. The second kappa shape index (κ2) is 15.7. The summed E-state index contributed by atoms with van der Waals surface area (Å²) in [6.45, 7) is 19.3. The number of fused-ring (bicyclic) bond motifs is 2. The van der Waals surface area contributed by atoms with E-state index in [2.05, 4.69) is 146 Å². The molecule has 0 amide bonds. The van der Waals surface area contributed by atoms with E-state index in [1.807, 2.05) is 19.1 Å². The van der Waals surface area contributed by atoms with E-state index < -0.39 is 18.0 Å². The summed E-state index contributed by atoms with van der Waals surface area (Å²) in [5, 5.41) is 5.25. The van der Waals surface area contributed by atoms with Gasteiger partial charge in [0.2, 0.25) is 0 Å². The molecule has 246 valence electrons. The number of rotatable bonds is 3. The molecule has 5 heteroatoms. The molecule has 0 saturated heterocycles. The fourth-order valence-corrected chi connectivity index (χ4v) is 6.44. The average Bonchev–Trinajstić information content (AvgIpc) is 3.76. The van der Waals surface area contributed by atoms with Gasteiger partial charge in [0.1, 0.15) is 0 Å². The van der Waals surface area contributed by atoms with Gasteiger partial charge in [0.25, 0.3) is 0 Å². The molecule has 0 atom stereocenters. The summed E-state index contributed by atoms with van der Waals surface area (Å²) in [6.07, 6.45) is 0. The molecule has 0 radical (unpaired) electrons. The Morgan fingerprint density at radius 1 is 0.583 bits per heavy atom. The molecule has 0 saturated carbocycles. The molecular formula is C43H44Cl2OSiZr-2. The zero-order valence-electron chi connectivity index (χ0n) is 29.5. The van der Waals surface area contributed by atoms with Gasteiger partial charge in [-0.15, -0.1) is 57.9 Å². The number of hydrogen-bond acceptors (Lipinski definition) is 1. The first-order chi connectivity index (χ1) is 22.8. The monoisotopic (exact) mass is 764 g/mol. The first-order valence-corrected chi connectivity index (χ1v) is 28.9. The number of furan rings is 1. The fourth-order valence-electron chi connectivity index (χ4n) is 6.44. The first kappa shape index (κ1) is 36.3. The predicted octanol–water partition coefficient (Wildman–Crippen LogP) is 14.0. The van der Waals surface area contributed by atoms with Gasteiger partial charge >= 0.3 is 53.5 Å². The third-order valence-corrected chi connectivity index (χ3v) is 28.3. The summed E-state index contributed by atoms with van der Waals surface area (Å²) < 4.78 is 5.81. The van der Waals surface area contributed by atoms with Gasteiger partial charge < -0.3 is 4.42 Å². The van der Waals surface area contributed by atoms with Gasteiger partial charge in [-0.1, -0.05) is 87.0 Å². The van der Waals surface area contributed by atoms with Gasteiger partial charge in [0.05, 0.1) is 11.5 Å². The van der Waals surface area contributed by atoms with Gasteiger partial charge in [-0.2, -0.15) is 12.1 Å². The van der Waals surface area contributed by atoms with Crippen LogP contribution in [0.1, 0.15) is 39.1 Å². The van der Waals surface area contributed by atoms with Crippen molar-refractivity contribution >= 4 is 44.0 Å². The smallest absolute Gasteiger partial charge is 0.0896 e. The Bertz CT molecular complexity index is 2200. The van der Waals surface area contributed by atoms with Crippen molar-refractivity contribution in [1.82, 2.24) is 0 Å². The van der Waals surface area contributed by atoms with Crippen LogP contribution in [-0.4, -0.2) is 5.43 Å². The van der Waals surface area contributed by atoms with Crippen molar-refractivity contribution in [2.75, 3.05) is 0 Å². The van der Waals surface area contributed by atoms with Crippen molar-refractivity contribution in [3.8, 4) is 33.6 Å². The average molecular weight is 767 g/mol. The van der Waals surface area contributed by atoms with Crippen LogP contribution in [0.2, 0.25) is 13.1 Å². The predicted molar refractivity (Wildman–Crippen MR) is 210 cm³/mol. The summed E-state index contributed by atoms with van der Waals surface area (Å²) in [5.74, 6) is 1.88. The molecule has 1 nitrogen and oxygen atoms in total. The van der Waals surface area contributed by atoms with Gasteiger partial charge in [-0.3, -0.25) is 0 Å². The molecule has 0 spiro atoms. The van der Waals surface area contributed by atoms with E-state index in [9.17, 15) is 0 Å². The van der Waals surface area contributed by atoms with E-state index in [-0.39, 0.29) is 5.43 Å². The Balaban J connectivity index is 0.000000166. The van der Waals surface area contributed by atoms with Gasteiger partial charge in [0, 0.05) is 0 Å². The molecule has 7 rings (SSSR count). The van der Waals surface area contributed by atoms with Crippen molar-refractivity contribution in [3.05, 3.63) is 142 Å². The van der Waals surface area contributed by atoms with Crippen molar-refractivity contribution in [3.63, 3.8) is 0 Å². The summed E-state index contributed by atoms with van der Waals surface area (Å²) in [5.41, 5.74) is 14.2. The molecule has 1 aromatic heterocycles. The van der Waals surface area contributed by atoms with Crippen LogP contribution in [0.4, 0.5) is 0 Å². The van der Waals surface area contributed by atoms with E-state index in [0.717, 1.165) is 17.1 Å². The molecule has 0 fully saturated rings. The molecule has 0 bridgehead atoms. The maximum Gasteiger partial charge on any atom is 0.0896 e. The topological polar surface area (TPSA) is 13.1 Å². The zero-order chi connectivity index (χ0) is 34.7. The normalized spacial score (nSPS) is 10.8. The second-order valence-corrected chi connectivity index (χ2v) is 36.2. The molecule has 0 aliphatic rings.